The fourth-order valence-electron chi connectivity index (χ4n) is 3.41. The van der Waals surface area contributed by atoms with Crippen molar-refractivity contribution in [3.63, 3.8) is 0 Å². The summed E-state index contributed by atoms with van der Waals surface area (Å²) in [7, 11) is 0. The van der Waals surface area contributed by atoms with E-state index in [0.29, 0.717) is 25.1 Å². The van der Waals surface area contributed by atoms with Gasteiger partial charge in [-0.1, -0.05) is 18.2 Å². The van der Waals surface area contributed by atoms with Crippen LogP contribution in [0.3, 0.4) is 0 Å². The Balaban J connectivity index is 1.65. The minimum absolute atomic E-state index is 0.128. The number of nitrogens with one attached hydrogen (secondary N) is 1. The molecule has 3 rings (SSSR count). The molecule has 1 aliphatic rings. The van der Waals surface area contributed by atoms with Crippen LogP contribution in [-0.4, -0.2) is 30.0 Å². The number of para-hydroxylation sites is 1. The Bertz CT molecular complexity index is 897. The molecule has 0 spiro atoms. The molecule has 1 saturated heterocycles. The van der Waals surface area contributed by atoms with Gasteiger partial charge in [0.2, 0.25) is 0 Å². The first kappa shape index (κ1) is 19.9. The largest absolute Gasteiger partial charge is 0.426 e. The molecule has 1 atom stereocenters. The molecule has 1 N–H and O–H groups in total. The van der Waals surface area contributed by atoms with Crippen LogP contribution in [0.2, 0.25) is 0 Å². The molecule has 2 aromatic carbocycles. The summed E-state index contributed by atoms with van der Waals surface area (Å²) in [4.78, 5) is 26.7. The highest BCUT2D eigenvalue weighted by Gasteiger charge is 2.30. The van der Waals surface area contributed by atoms with Gasteiger partial charge in [0.1, 0.15) is 11.6 Å². The van der Waals surface area contributed by atoms with Crippen molar-refractivity contribution in [3.05, 3.63) is 58.9 Å². The van der Waals surface area contributed by atoms with Crippen LogP contribution in [0.4, 0.5) is 14.9 Å². The summed E-state index contributed by atoms with van der Waals surface area (Å²) in [6, 6.07) is 9.50. The number of esters is 1. The molecular weight excluding hydrogens is 359 g/mol. The van der Waals surface area contributed by atoms with Gasteiger partial charge in [0, 0.05) is 13.1 Å². The first-order valence-electron chi connectivity index (χ1n) is 9.45. The number of urea groups is 1. The number of anilines is 1. The Morgan fingerprint density at radius 2 is 1.93 bits per heavy atom. The number of halogens is 1. The van der Waals surface area contributed by atoms with Crippen molar-refractivity contribution in [2.24, 2.45) is 5.92 Å². The van der Waals surface area contributed by atoms with Crippen LogP contribution in [0, 0.1) is 32.5 Å². The third-order valence-electron chi connectivity index (χ3n) is 5.13. The summed E-state index contributed by atoms with van der Waals surface area (Å²) >= 11 is 0. The monoisotopic (exact) mass is 384 g/mol. The van der Waals surface area contributed by atoms with Crippen molar-refractivity contribution >= 4 is 17.7 Å². The van der Waals surface area contributed by atoms with Crippen molar-refractivity contribution in [3.8, 4) is 5.75 Å². The predicted octanol–water partition coefficient (Wildman–Crippen LogP) is 4.60. The van der Waals surface area contributed by atoms with Crippen LogP contribution >= 0.6 is 0 Å². The van der Waals surface area contributed by atoms with Gasteiger partial charge in [0.25, 0.3) is 0 Å². The van der Waals surface area contributed by atoms with Gasteiger partial charge in [-0.05, 0) is 68.5 Å². The number of hydrogen-bond donors (Lipinski definition) is 1. The third-order valence-corrected chi connectivity index (χ3v) is 5.13. The lowest BCUT2D eigenvalue weighted by Crippen LogP contribution is -2.45. The van der Waals surface area contributed by atoms with E-state index in [2.05, 4.69) is 5.32 Å². The van der Waals surface area contributed by atoms with E-state index in [1.54, 1.807) is 12.1 Å². The lowest BCUT2D eigenvalue weighted by atomic mass is 9.98. The molecule has 28 heavy (non-hydrogen) atoms. The zero-order chi connectivity index (χ0) is 20.3. The molecule has 1 aliphatic heterocycles. The Hall–Kier alpha value is -2.89. The summed E-state index contributed by atoms with van der Waals surface area (Å²) in [5.74, 6) is -0.665. The van der Waals surface area contributed by atoms with Crippen LogP contribution in [0.25, 0.3) is 0 Å². The summed E-state index contributed by atoms with van der Waals surface area (Å²) in [6.07, 6.45) is 1.35. The molecule has 0 aromatic heterocycles. The molecule has 0 radical (unpaired) electrons. The van der Waals surface area contributed by atoms with Gasteiger partial charge in [-0.2, -0.15) is 0 Å². The molecule has 6 heteroatoms. The van der Waals surface area contributed by atoms with E-state index in [-0.39, 0.29) is 18.2 Å². The number of aryl methyl sites for hydroxylation is 2. The highest BCUT2D eigenvalue weighted by atomic mass is 19.1. The number of carbonyl (C=O) groups excluding carboxylic acids is 2. The maximum absolute atomic E-state index is 13.8. The molecule has 2 aromatic rings. The Morgan fingerprint density at radius 1 is 1.18 bits per heavy atom. The van der Waals surface area contributed by atoms with Crippen molar-refractivity contribution in [1.82, 2.24) is 4.90 Å². The second-order valence-corrected chi connectivity index (χ2v) is 7.32. The van der Waals surface area contributed by atoms with E-state index in [0.717, 1.165) is 16.7 Å². The van der Waals surface area contributed by atoms with E-state index in [1.807, 2.05) is 32.9 Å². The van der Waals surface area contributed by atoms with Crippen LogP contribution < -0.4 is 10.1 Å². The SMILES string of the molecule is Cc1cc(C)c(C)c(OC(=O)[C@@H]2CCCN(C(=O)Nc3ccccc3F)C2)c1. The smallest absolute Gasteiger partial charge is 0.321 e. The lowest BCUT2D eigenvalue weighted by Gasteiger charge is -2.31. The topological polar surface area (TPSA) is 58.6 Å². The standard InChI is InChI=1S/C22H25FN2O3/c1-14-11-15(2)16(3)20(12-14)28-21(26)17-7-6-10-25(13-17)22(27)24-19-9-5-4-8-18(19)23/h4-5,8-9,11-12,17H,6-7,10,13H2,1-3H3,(H,24,27)/t17-/m1/s1. The fourth-order valence-corrected chi connectivity index (χ4v) is 3.41. The molecule has 0 bridgehead atoms. The number of piperidine rings is 1. The van der Waals surface area contributed by atoms with Crippen molar-refractivity contribution in [1.29, 1.82) is 0 Å². The molecule has 1 fully saturated rings. The molecule has 0 unspecified atom stereocenters. The Morgan fingerprint density at radius 3 is 2.68 bits per heavy atom. The zero-order valence-electron chi connectivity index (χ0n) is 16.4. The van der Waals surface area contributed by atoms with Gasteiger partial charge in [-0.15, -0.1) is 0 Å². The molecule has 1 heterocycles. The van der Waals surface area contributed by atoms with Gasteiger partial charge < -0.3 is 15.0 Å². The quantitative estimate of drug-likeness (QED) is 0.621. The number of carbonyl (C=O) groups is 2. The summed E-state index contributed by atoms with van der Waals surface area (Å²) in [5.41, 5.74) is 3.16. The van der Waals surface area contributed by atoms with E-state index >= 15 is 0 Å². The van der Waals surface area contributed by atoms with Crippen LogP contribution in [0.5, 0.6) is 5.75 Å². The predicted molar refractivity (Wildman–Crippen MR) is 106 cm³/mol. The molecule has 5 nitrogen and oxygen atoms in total. The van der Waals surface area contributed by atoms with Crippen molar-refractivity contribution < 1.29 is 18.7 Å². The molecule has 0 saturated carbocycles. The first-order valence-corrected chi connectivity index (χ1v) is 9.45. The zero-order valence-corrected chi connectivity index (χ0v) is 16.4. The lowest BCUT2D eigenvalue weighted by molar-refractivity contribution is -0.140. The van der Waals surface area contributed by atoms with Crippen LogP contribution in [0.1, 0.15) is 29.5 Å². The van der Waals surface area contributed by atoms with E-state index < -0.39 is 17.8 Å². The maximum atomic E-state index is 13.8. The van der Waals surface area contributed by atoms with E-state index in [1.165, 1.54) is 17.0 Å². The normalized spacial score (nSPS) is 16.6. The Labute approximate surface area is 164 Å². The first-order chi connectivity index (χ1) is 13.3. The number of benzene rings is 2. The van der Waals surface area contributed by atoms with Crippen molar-refractivity contribution in [2.45, 2.75) is 33.6 Å². The fraction of sp³-hybridized carbons (Fsp3) is 0.364. The van der Waals surface area contributed by atoms with Gasteiger partial charge >= 0.3 is 12.0 Å². The third kappa shape index (κ3) is 4.50. The molecule has 2 amide bonds. The highest BCUT2D eigenvalue weighted by molar-refractivity contribution is 5.90. The maximum Gasteiger partial charge on any atom is 0.321 e. The van der Waals surface area contributed by atoms with E-state index in [9.17, 15) is 14.0 Å². The highest BCUT2D eigenvalue weighted by Crippen LogP contribution is 2.26. The number of rotatable bonds is 3. The number of likely N-dealkylation sites (tertiary alicyclic amines) is 1. The summed E-state index contributed by atoms with van der Waals surface area (Å²) in [6.45, 7) is 6.64. The van der Waals surface area contributed by atoms with E-state index in [4.69, 9.17) is 4.74 Å². The molecular formula is C22H25FN2O3. The molecule has 0 aliphatic carbocycles. The second kappa shape index (κ2) is 8.42. The summed E-state index contributed by atoms with van der Waals surface area (Å²) in [5, 5.41) is 2.57. The number of amides is 2. The number of ether oxygens (including phenoxy) is 1. The minimum Gasteiger partial charge on any atom is -0.426 e. The Kier molecular flexibility index (Phi) is 5.97. The average Bonchev–Trinajstić information content (AvgIpc) is 2.67. The number of nitrogens with zero attached hydrogens (tertiary/aromatic N) is 1. The average molecular weight is 384 g/mol. The van der Waals surface area contributed by atoms with Gasteiger partial charge in [0.05, 0.1) is 11.6 Å². The van der Waals surface area contributed by atoms with Gasteiger partial charge in [-0.3, -0.25) is 4.79 Å². The molecule has 148 valence electrons. The second-order valence-electron chi connectivity index (χ2n) is 7.32. The van der Waals surface area contributed by atoms with Crippen LogP contribution in [0.15, 0.2) is 36.4 Å². The van der Waals surface area contributed by atoms with Crippen molar-refractivity contribution in [2.75, 3.05) is 18.4 Å². The van der Waals surface area contributed by atoms with Crippen LogP contribution in [-0.2, 0) is 4.79 Å². The van der Waals surface area contributed by atoms with Gasteiger partial charge in [0.15, 0.2) is 0 Å². The summed E-state index contributed by atoms with van der Waals surface area (Å²) < 4.78 is 19.4. The minimum atomic E-state index is -0.492. The number of hydrogen-bond acceptors (Lipinski definition) is 3. The van der Waals surface area contributed by atoms with Gasteiger partial charge in [-0.25, -0.2) is 9.18 Å².